The Balaban J connectivity index is 1.63. The van der Waals surface area contributed by atoms with Crippen molar-refractivity contribution in [2.75, 3.05) is 18.4 Å². The molecule has 2 amide bonds. The fraction of sp³-hybridized carbons (Fsp3) is 0.692. The number of aryl methyl sites for hydroxylation is 1. The van der Waals surface area contributed by atoms with E-state index in [1.54, 1.807) is 4.90 Å². The first-order valence-electron chi connectivity index (χ1n) is 12.3. The van der Waals surface area contributed by atoms with Crippen molar-refractivity contribution in [2.45, 2.75) is 104 Å². The van der Waals surface area contributed by atoms with Gasteiger partial charge in [-0.1, -0.05) is 64.0 Å². The summed E-state index contributed by atoms with van der Waals surface area (Å²) in [5, 5.41) is 2.78. The summed E-state index contributed by atoms with van der Waals surface area (Å²) in [6, 6.07) is 7.97. The molecule has 1 atom stereocenters. The number of hydrogen-bond donors (Lipinski definition) is 1. The fourth-order valence-electron chi connectivity index (χ4n) is 3.83. The van der Waals surface area contributed by atoms with Gasteiger partial charge in [0.2, 0.25) is 0 Å². The van der Waals surface area contributed by atoms with Gasteiger partial charge in [0.15, 0.2) is 0 Å². The number of carbonyl (C=O) groups excluding carboxylic acids is 2. The Labute approximate surface area is 194 Å². The van der Waals surface area contributed by atoms with Crippen molar-refractivity contribution in [1.82, 2.24) is 4.90 Å². The number of benzene rings is 1. The van der Waals surface area contributed by atoms with Gasteiger partial charge < -0.3 is 14.4 Å². The second-order valence-electron chi connectivity index (χ2n) is 9.79. The van der Waals surface area contributed by atoms with Crippen LogP contribution >= 0.6 is 0 Å². The number of unbranched alkanes of at least 4 members (excludes halogenated alkanes) is 7. The van der Waals surface area contributed by atoms with Crippen LogP contribution in [0.4, 0.5) is 15.3 Å². The molecule has 0 aromatic heterocycles. The lowest BCUT2D eigenvalue weighted by molar-refractivity contribution is 0.0263. The first-order chi connectivity index (χ1) is 15.3. The van der Waals surface area contributed by atoms with Crippen LogP contribution in [0, 0.1) is 0 Å². The zero-order chi connectivity index (χ0) is 23.4. The lowest BCUT2D eigenvalue weighted by atomic mass is 10.0. The molecular weight excluding hydrogens is 404 g/mol. The second kappa shape index (κ2) is 13.3. The number of anilines is 1. The molecule has 1 saturated heterocycles. The van der Waals surface area contributed by atoms with E-state index in [0.717, 1.165) is 12.1 Å². The first kappa shape index (κ1) is 26.0. The average Bonchev–Trinajstić information content (AvgIpc) is 3.18. The molecule has 32 heavy (non-hydrogen) atoms. The van der Waals surface area contributed by atoms with E-state index in [1.807, 2.05) is 32.9 Å². The topological polar surface area (TPSA) is 67.9 Å². The van der Waals surface area contributed by atoms with Crippen LogP contribution in [-0.4, -0.2) is 41.9 Å². The molecule has 180 valence electrons. The zero-order valence-corrected chi connectivity index (χ0v) is 20.5. The molecule has 6 heteroatoms. The molecule has 2 rings (SSSR count). The van der Waals surface area contributed by atoms with Crippen molar-refractivity contribution < 1.29 is 19.1 Å². The standard InChI is InChI=1S/C26H42N2O4/c1-5-6-7-8-9-10-11-12-13-21-14-16-22(17-15-21)27-24(29)31-23-18-19-28(20-23)25(30)32-26(2,3)4/h14-17,23H,5-13,18-20H2,1-4H3,(H,27,29)/t23-/m0/s1. The molecule has 0 spiro atoms. The van der Waals surface area contributed by atoms with E-state index in [4.69, 9.17) is 9.47 Å². The van der Waals surface area contributed by atoms with E-state index >= 15 is 0 Å². The number of nitrogens with one attached hydrogen (secondary N) is 1. The molecule has 6 nitrogen and oxygen atoms in total. The normalized spacial score (nSPS) is 16.1. The smallest absolute Gasteiger partial charge is 0.411 e. The molecule has 1 N–H and O–H groups in total. The Kier molecular flexibility index (Phi) is 10.8. The maximum Gasteiger partial charge on any atom is 0.411 e. The van der Waals surface area contributed by atoms with Gasteiger partial charge >= 0.3 is 12.2 Å². The summed E-state index contributed by atoms with van der Waals surface area (Å²) in [6.07, 6.45) is 11.1. The zero-order valence-electron chi connectivity index (χ0n) is 20.5. The van der Waals surface area contributed by atoms with Crippen molar-refractivity contribution in [1.29, 1.82) is 0 Å². The summed E-state index contributed by atoms with van der Waals surface area (Å²) in [5.74, 6) is 0. The summed E-state index contributed by atoms with van der Waals surface area (Å²) in [4.78, 5) is 25.9. The third-order valence-electron chi connectivity index (χ3n) is 5.59. The summed E-state index contributed by atoms with van der Waals surface area (Å²) in [5.41, 5.74) is 1.48. The molecule has 0 saturated carbocycles. The molecule has 0 bridgehead atoms. The molecule has 1 fully saturated rings. The third-order valence-corrected chi connectivity index (χ3v) is 5.59. The largest absolute Gasteiger partial charge is 0.444 e. The summed E-state index contributed by atoms with van der Waals surface area (Å²) >= 11 is 0. The SMILES string of the molecule is CCCCCCCCCCc1ccc(NC(=O)O[C@H]2CCN(C(=O)OC(C)(C)C)C2)cc1. The van der Waals surface area contributed by atoms with Gasteiger partial charge in [-0.15, -0.1) is 0 Å². The van der Waals surface area contributed by atoms with Gasteiger partial charge in [-0.3, -0.25) is 5.32 Å². The van der Waals surface area contributed by atoms with Gasteiger partial charge in [0, 0.05) is 18.7 Å². The molecule has 0 radical (unpaired) electrons. The molecule has 1 aromatic rings. The maximum absolute atomic E-state index is 12.2. The van der Waals surface area contributed by atoms with E-state index in [1.165, 1.54) is 56.9 Å². The summed E-state index contributed by atoms with van der Waals surface area (Å²) in [7, 11) is 0. The minimum absolute atomic E-state index is 0.316. The highest BCUT2D eigenvalue weighted by atomic mass is 16.6. The van der Waals surface area contributed by atoms with Crippen molar-refractivity contribution in [3.8, 4) is 0 Å². The van der Waals surface area contributed by atoms with Crippen LogP contribution in [0.2, 0.25) is 0 Å². The van der Waals surface area contributed by atoms with Crippen LogP contribution < -0.4 is 5.32 Å². The lowest BCUT2D eigenvalue weighted by Crippen LogP contribution is -2.36. The average molecular weight is 447 g/mol. The van der Waals surface area contributed by atoms with Crippen LogP contribution in [0.25, 0.3) is 0 Å². The van der Waals surface area contributed by atoms with Crippen LogP contribution in [0.3, 0.4) is 0 Å². The van der Waals surface area contributed by atoms with E-state index in [9.17, 15) is 9.59 Å². The van der Waals surface area contributed by atoms with Crippen LogP contribution in [0.5, 0.6) is 0 Å². The number of nitrogens with zero attached hydrogens (tertiary/aromatic N) is 1. The highest BCUT2D eigenvalue weighted by molar-refractivity contribution is 5.84. The Morgan fingerprint density at radius 3 is 2.25 bits per heavy atom. The number of ether oxygens (including phenoxy) is 2. The second-order valence-corrected chi connectivity index (χ2v) is 9.79. The van der Waals surface area contributed by atoms with E-state index < -0.39 is 11.7 Å². The Hall–Kier alpha value is -2.24. The number of rotatable bonds is 11. The van der Waals surface area contributed by atoms with Gasteiger partial charge in [-0.2, -0.15) is 0 Å². The minimum Gasteiger partial charge on any atom is -0.444 e. The predicted molar refractivity (Wildman–Crippen MR) is 129 cm³/mol. The number of amides is 2. The van der Waals surface area contributed by atoms with Crippen LogP contribution in [-0.2, 0) is 15.9 Å². The number of carbonyl (C=O) groups is 2. The predicted octanol–water partition coefficient (Wildman–Crippen LogP) is 6.93. The van der Waals surface area contributed by atoms with Crippen molar-refractivity contribution >= 4 is 17.9 Å². The van der Waals surface area contributed by atoms with Crippen molar-refractivity contribution in [3.05, 3.63) is 29.8 Å². The quantitative estimate of drug-likeness (QED) is 0.374. The van der Waals surface area contributed by atoms with Gasteiger partial charge in [-0.05, 0) is 51.3 Å². The molecule has 0 unspecified atom stereocenters. The molecule has 1 aliphatic rings. The number of hydrogen-bond acceptors (Lipinski definition) is 4. The summed E-state index contributed by atoms with van der Waals surface area (Å²) < 4.78 is 10.9. The molecule has 1 aromatic carbocycles. The monoisotopic (exact) mass is 446 g/mol. The van der Waals surface area contributed by atoms with E-state index in [0.29, 0.717) is 19.5 Å². The van der Waals surface area contributed by atoms with Gasteiger partial charge in [0.25, 0.3) is 0 Å². The van der Waals surface area contributed by atoms with Crippen LogP contribution in [0.15, 0.2) is 24.3 Å². The Bertz CT molecular complexity index is 697. The molecule has 0 aliphatic carbocycles. The Morgan fingerprint density at radius 1 is 1.00 bits per heavy atom. The maximum atomic E-state index is 12.2. The van der Waals surface area contributed by atoms with E-state index in [-0.39, 0.29) is 12.2 Å². The van der Waals surface area contributed by atoms with Gasteiger partial charge in [0.1, 0.15) is 11.7 Å². The third kappa shape index (κ3) is 10.4. The lowest BCUT2D eigenvalue weighted by Gasteiger charge is -2.24. The minimum atomic E-state index is -0.534. The van der Waals surface area contributed by atoms with Crippen LogP contribution in [0.1, 0.15) is 91.0 Å². The first-order valence-corrected chi connectivity index (χ1v) is 12.3. The van der Waals surface area contributed by atoms with E-state index in [2.05, 4.69) is 24.4 Å². The number of likely N-dealkylation sites (tertiary alicyclic amines) is 1. The molecular formula is C26H42N2O4. The Morgan fingerprint density at radius 2 is 1.62 bits per heavy atom. The highest BCUT2D eigenvalue weighted by Crippen LogP contribution is 2.19. The fourth-order valence-corrected chi connectivity index (χ4v) is 3.83. The van der Waals surface area contributed by atoms with Gasteiger partial charge in [0.05, 0.1) is 6.54 Å². The summed E-state index contributed by atoms with van der Waals surface area (Å²) in [6.45, 7) is 8.65. The van der Waals surface area contributed by atoms with Gasteiger partial charge in [-0.25, -0.2) is 9.59 Å². The van der Waals surface area contributed by atoms with Crippen molar-refractivity contribution in [3.63, 3.8) is 0 Å². The molecule has 1 heterocycles. The highest BCUT2D eigenvalue weighted by Gasteiger charge is 2.31. The van der Waals surface area contributed by atoms with Crippen molar-refractivity contribution in [2.24, 2.45) is 0 Å². The molecule has 1 aliphatic heterocycles.